The molecular weight excluding hydrogens is 270 g/mol. The molecule has 1 unspecified atom stereocenters. The van der Waals surface area contributed by atoms with E-state index in [4.69, 9.17) is 11.6 Å². The highest BCUT2D eigenvalue weighted by atomic mass is 35.5. The molecule has 2 nitrogen and oxygen atoms in total. The summed E-state index contributed by atoms with van der Waals surface area (Å²) in [6.45, 7) is 0.951. The lowest BCUT2D eigenvalue weighted by Crippen LogP contribution is -2.40. The van der Waals surface area contributed by atoms with Crippen molar-refractivity contribution in [3.63, 3.8) is 0 Å². The number of piperidine rings is 1. The molecule has 1 aliphatic carbocycles. The van der Waals surface area contributed by atoms with Gasteiger partial charge in [-0.15, -0.1) is 0 Å². The van der Waals surface area contributed by atoms with Crippen molar-refractivity contribution in [2.45, 2.75) is 51.0 Å². The lowest BCUT2D eigenvalue weighted by Gasteiger charge is -2.37. The zero-order valence-electron chi connectivity index (χ0n) is 11.9. The number of benzene rings is 1. The van der Waals surface area contributed by atoms with Crippen LogP contribution < -0.4 is 0 Å². The first kappa shape index (κ1) is 13.9. The molecule has 0 bridgehead atoms. The quantitative estimate of drug-likeness (QED) is 0.798. The van der Waals surface area contributed by atoms with Gasteiger partial charge in [-0.05, 0) is 49.3 Å². The molecule has 3 rings (SSSR count). The zero-order valence-corrected chi connectivity index (χ0v) is 12.6. The van der Waals surface area contributed by atoms with Gasteiger partial charge in [-0.25, -0.2) is 0 Å². The average molecular weight is 292 g/mol. The van der Waals surface area contributed by atoms with Gasteiger partial charge in [-0.3, -0.25) is 4.79 Å². The molecule has 0 aromatic heterocycles. The summed E-state index contributed by atoms with van der Waals surface area (Å²) >= 11 is 5.97. The Morgan fingerprint density at radius 2 is 1.75 bits per heavy atom. The van der Waals surface area contributed by atoms with E-state index in [2.05, 4.69) is 17.0 Å². The lowest BCUT2D eigenvalue weighted by atomic mass is 9.93. The number of rotatable bonds is 3. The smallest absolute Gasteiger partial charge is 0.223 e. The standard InChI is InChI=1S/C17H22ClNO/c18-15-10-8-14(9-11-15)16-6-3-7-17(20)19(16)12-13-4-1-2-5-13/h8-11,13,16H,1-7,12H2. The maximum absolute atomic E-state index is 12.3. The normalized spacial score (nSPS) is 24.4. The fourth-order valence-electron chi connectivity index (χ4n) is 3.65. The van der Waals surface area contributed by atoms with E-state index in [1.807, 2.05) is 12.1 Å². The van der Waals surface area contributed by atoms with Gasteiger partial charge in [0, 0.05) is 18.0 Å². The molecule has 20 heavy (non-hydrogen) atoms. The Kier molecular flexibility index (Phi) is 4.30. The molecule has 1 aromatic rings. The minimum Gasteiger partial charge on any atom is -0.335 e. The van der Waals surface area contributed by atoms with Crippen LogP contribution >= 0.6 is 11.6 Å². The van der Waals surface area contributed by atoms with Crippen LogP contribution in [0.3, 0.4) is 0 Å². The first-order valence-electron chi connectivity index (χ1n) is 7.79. The molecule has 2 fully saturated rings. The molecule has 1 heterocycles. The van der Waals surface area contributed by atoms with Gasteiger partial charge in [0.25, 0.3) is 0 Å². The number of carbonyl (C=O) groups is 1. The first-order chi connectivity index (χ1) is 9.74. The van der Waals surface area contributed by atoms with E-state index in [1.165, 1.54) is 31.2 Å². The minimum atomic E-state index is 0.258. The number of amides is 1. The van der Waals surface area contributed by atoms with Crippen molar-refractivity contribution in [2.75, 3.05) is 6.54 Å². The maximum atomic E-state index is 12.3. The second kappa shape index (κ2) is 6.17. The van der Waals surface area contributed by atoms with Gasteiger partial charge in [-0.1, -0.05) is 36.6 Å². The van der Waals surface area contributed by atoms with E-state index >= 15 is 0 Å². The van der Waals surface area contributed by atoms with Crippen LogP contribution in [0.1, 0.15) is 56.6 Å². The summed E-state index contributed by atoms with van der Waals surface area (Å²) in [6.07, 6.45) is 8.05. The molecule has 0 radical (unpaired) electrons. The molecule has 0 N–H and O–H groups in total. The summed E-state index contributed by atoms with van der Waals surface area (Å²) in [7, 11) is 0. The van der Waals surface area contributed by atoms with Gasteiger partial charge >= 0.3 is 0 Å². The van der Waals surface area contributed by atoms with Crippen LogP contribution in [0.5, 0.6) is 0 Å². The SMILES string of the molecule is O=C1CCCC(c2ccc(Cl)cc2)N1CC1CCCC1. The lowest BCUT2D eigenvalue weighted by molar-refractivity contribution is -0.137. The Hall–Kier alpha value is -1.02. The highest BCUT2D eigenvalue weighted by Crippen LogP contribution is 2.35. The average Bonchev–Trinajstić information content (AvgIpc) is 2.95. The predicted molar refractivity (Wildman–Crippen MR) is 81.7 cm³/mol. The van der Waals surface area contributed by atoms with Crippen LogP contribution in [-0.2, 0) is 4.79 Å². The third-order valence-corrected chi connectivity index (χ3v) is 5.00. The predicted octanol–water partition coefficient (Wildman–Crippen LogP) is 4.58. The van der Waals surface area contributed by atoms with E-state index in [1.54, 1.807) is 0 Å². The molecule has 1 atom stereocenters. The van der Waals surface area contributed by atoms with Crippen LogP contribution in [0.25, 0.3) is 0 Å². The third kappa shape index (κ3) is 3.01. The van der Waals surface area contributed by atoms with Gasteiger partial charge in [0.1, 0.15) is 0 Å². The summed E-state index contributed by atoms with van der Waals surface area (Å²) in [6, 6.07) is 8.28. The Labute approximate surface area is 126 Å². The van der Waals surface area contributed by atoms with Crippen molar-refractivity contribution in [3.05, 3.63) is 34.9 Å². The van der Waals surface area contributed by atoms with Crippen molar-refractivity contribution in [2.24, 2.45) is 5.92 Å². The molecule has 1 saturated carbocycles. The Morgan fingerprint density at radius 3 is 2.45 bits per heavy atom. The number of carbonyl (C=O) groups excluding carboxylic acids is 1. The molecule has 0 spiro atoms. The fraction of sp³-hybridized carbons (Fsp3) is 0.588. The zero-order chi connectivity index (χ0) is 13.9. The number of nitrogens with zero attached hydrogens (tertiary/aromatic N) is 1. The van der Waals surface area contributed by atoms with E-state index in [0.717, 1.165) is 30.8 Å². The van der Waals surface area contributed by atoms with E-state index in [-0.39, 0.29) is 6.04 Å². The van der Waals surface area contributed by atoms with E-state index < -0.39 is 0 Å². The second-order valence-corrected chi connectivity index (χ2v) is 6.59. The Morgan fingerprint density at radius 1 is 1.05 bits per heavy atom. The number of halogens is 1. The van der Waals surface area contributed by atoms with E-state index in [9.17, 15) is 4.79 Å². The monoisotopic (exact) mass is 291 g/mol. The van der Waals surface area contributed by atoms with Crippen LogP contribution in [0, 0.1) is 5.92 Å². The maximum Gasteiger partial charge on any atom is 0.223 e. The summed E-state index contributed by atoms with van der Waals surface area (Å²) in [4.78, 5) is 14.5. The van der Waals surface area contributed by atoms with Crippen molar-refractivity contribution in [1.29, 1.82) is 0 Å². The minimum absolute atomic E-state index is 0.258. The van der Waals surface area contributed by atoms with Gasteiger partial charge in [0.15, 0.2) is 0 Å². The Balaban J connectivity index is 1.78. The molecule has 3 heteroatoms. The highest BCUT2D eigenvalue weighted by Gasteiger charge is 2.31. The highest BCUT2D eigenvalue weighted by molar-refractivity contribution is 6.30. The largest absolute Gasteiger partial charge is 0.335 e. The topological polar surface area (TPSA) is 20.3 Å². The van der Waals surface area contributed by atoms with Crippen LogP contribution in [0.4, 0.5) is 0 Å². The summed E-state index contributed by atoms with van der Waals surface area (Å²) in [5.74, 6) is 1.05. The Bertz CT molecular complexity index is 464. The molecule has 2 aliphatic rings. The second-order valence-electron chi connectivity index (χ2n) is 6.16. The van der Waals surface area contributed by atoms with Gasteiger partial charge in [0.2, 0.25) is 5.91 Å². The van der Waals surface area contributed by atoms with Gasteiger partial charge in [-0.2, -0.15) is 0 Å². The molecule has 108 valence electrons. The van der Waals surface area contributed by atoms with Gasteiger partial charge in [0.05, 0.1) is 6.04 Å². The first-order valence-corrected chi connectivity index (χ1v) is 8.17. The number of likely N-dealkylation sites (tertiary alicyclic amines) is 1. The van der Waals surface area contributed by atoms with Crippen LogP contribution in [-0.4, -0.2) is 17.4 Å². The van der Waals surface area contributed by atoms with Crippen LogP contribution in [0.15, 0.2) is 24.3 Å². The molecule has 1 saturated heterocycles. The number of hydrogen-bond acceptors (Lipinski definition) is 1. The van der Waals surface area contributed by atoms with Crippen LogP contribution in [0.2, 0.25) is 5.02 Å². The van der Waals surface area contributed by atoms with Crippen molar-refractivity contribution < 1.29 is 4.79 Å². The summed E-state index contributed by atoms with van der Waals surface area (Å²) in [5, 5.41) is 0.762. The van der Waals surface area contributed by atoms with Crippen molar-refractivity contribution in [1.82, 2.24) is 4.90 Å². The van der Waals surface area contributed by atoms with E-state index in [0.29, 0.717) is 11.8 Å². The third-order valence-electron chi connectivity index (χ3n) is 4.75. The fourth-order valence-corrected chi connectivity index (χ4v) is 3.78. The number of hydrogen-bond donors (Lipinski definition) is 0. The molecule has 1 amide bonds. The van der Waals surface area contributed by atoms with Crippen molar-refractivity contribution >= 4 is 17.5 Å². The molecule has 1 aliphatic heterocycles. The summed E-state index contributed by atoms with van der Waals surface area (Å²) < 4.78 is 0. The summed E-state index contributed by atoms with van der Waals surface area (Å²) in [5.41, 5.74) is 1.24. The molecule has 1 aromatic carbocycles. The van der Waals surface area contributed by atoms with Gasteiger partial charge < -0.3 is 4.90 Å². The molecular formula is C17H22ClNO. The van der Waals surface area contributed by atoms with Crippen molar-refractivity contribution in [3.8, 4) is 0 Å².